The second kappa shape index (κ2) is 10.7. The van der Waals surface area contributed by atoms with Gasteiger partial charge in [-0.3, -0.25) is 4.79 Å². The first-order chi connectivity index (χ1) is 18.0. The van der Waals surface area contributed by atoms with Gasteiger partial charge in [-0.2, -0.15) is 0 Å². The van der Waals surface area contributed by atoms with Crippen LogP contribution in [0, 0.1) is 17.5 Å². The lowest BCUT2D eigenvalue weighted by atomic mass is 9.99. The van der Waals surface area contributed by atoms with Crippen LogP contribution in [0.25, 0.3) is 0 Å². The monoisotopic (exact) mass is 541 g/mol. The van der Waals surface area contributed by atoms with Crippen molar-refractivity contribution in [2.45, 2.75) is 44.9 Å². The third-order valence-electron chi connectivity index (χ3n) is 6.91. The summed E-state index contributed by atoms with van der Waals surface area (Å²) in [4.78, 5) is 26.3. The van der Waals surface area contributed by atoms with Crippen molar-refractivity contribution < 1.29 is 31.9 Å². The van der Waals surface area contributed by atoms with E-state index in [1.54, 1.807) is 6.92 Å². The summed E-state index contributed by atoms with van der Waals surface area (Å²) in [5.74, 6) is -6.42. The summed E-state index contributed by atoms with van der Waals surface area (Å²) in [6, 6.07) is 20.1. The number of esters is 1. The summed E-state index contributed by atoms with van der Waals surface area (Å²) in [6.07, 6.45) is -0.861. The minimum atomic E-state index is -3.16. The molecule has 200 valence electrons. The van der Waals surface area contributed by atoms with Gasteiger partial charge in [0.2, 0.25) is 0 Å². The quantitative estimate of drug-likeness (QED) is 0.191. The Hall–Kier alpha value is -3.43. The molecule has 1 amide bonds. The zero-order valence-corrected chi connectivity index (χ0v) is 22.7. The molecule has 0 radical (unpaired) electrons. The largest absolute Gasteiger partial charge is 0.457 e. The molecule has 0 aromatic heterocycles. The van der Waals surface area contributed by atoms with Crippen molar-refractivity contribution in [3.8, 4) is 0 Å². The van der Waals surface area contributed by atoms with Gasteiger partial charge in [0.25, 0.3) is 8.32 Å². The molecule has 38 heavy (non-hydrogen) atoms. The van der Waals surface area contributed by atoms with Gasteiger partial charge in [0.1, 0.15) is 6.61 Å². The Morgan fingerprint density at radius 2 is 1.39 bits per heavy atom. The fourth-order valence-corrected chi connectivity index (χ4v) is 9.97. The maximum Gasteiger partial charge on any atom is 0.397 e. The Bertz CT molecular complexity index is 1250. The molecule has 4 rings (SSSR count). The minimum Gasteiger partial charge on any atom is -0.457 e. The van der Waals surface area contributed by atoms with E-state index >= 15 is 0 Å². The van der Waals surface area contributed by atoms with E-state index in [4.69, 9.17) is 9.16 Å². The highest BCUT2D eigenvalue weighted by atomic mass is 28.4. The number of morpholine rings is 1. The predicted octanol–water partition coefficient (Wildman–Crippen LogP) is 4.50. The number of ether oxygens (including phenoxy) is 1. The SMILES string of the molecule is CC(O[Si](c1ccccc1)(c1ccccc1)C(C)(C)C)C(c1cc(F)c(F)c(F)c1)N1CCOC(=O)C1=O. The minimum absolute atomic E-state index is 0.00962. The van der Waals surface area contributed by atoms with Crippen molar-refractivity contribution in [2.75, 3.05) is 13.2 Å². The highest BCUT2D eigenvalue weighted by Gasteiger charge is 2.52. The van der Waals surface area contributed by atoms with Crippen LogP contribution in [-0.4, -0.2) is 44.3 Å². The molecular formula is C29H30F3NO4Si. The van der Waals surface area contributed by atoms with Gasteiger partial charge < -0.3 is 14.1 Å². The van der Waals surface area contributed by atoms with Crippen LogP contribution in [0.1, 0.15) is 39.3 Å². The fraction of sp³-hybridized carbons (Fsp3) is 0.310. The van der Waals surface area contributed by atoms with Crippen LogP contribution < -0.4 is 10.4 Å². The Kier molecular flexibility index (Phi) is 7.80. The van der Waals surface area contributed by atoms with E-state index in [2.05, 4.69) is 20.8 Å². The first-order valence-electron chi connectivity index (χ1n) is 12.4. The molecule has 9 heteroatoms. The highest BCUT2D eigenvalue weighted by Crippen LogP contribution is 2.40. The first kappa shape index (κ1) is 27.6. The first-order valence-corrected chi connectivity index (χ1v) is 14.3. The number of cyclic esters (lactones) is 1. The summed E-state index contributed by atoms with van der Waals surface area (Å²) in [5.41, 5.74) is -0.0186. The maximum atomic E-state index is 14.4. The summed E-state index contributed by atoms with van der Waals surface area (Å²) < 4.78 is 54.7. The van der Waals surface area contributed by atoms with Crippen molar-refractivity contribution in [1.29, 1.82) is 0 Å². The van der Waals surface area contributed by atoms with Gasteiger partial charge in [-0.1, -0.05) is 81.4 Å². The van der Waals surface area contributed by atoms with E-state index in [1.807, 2.05) is 60.7 Å². The lowest BCUT2D eigenvalue weighted by Crippen LogP contribution is -2.68. The topological polar surface area (TPSA) is 55.8 Å². The van der Waals surface area contributed by atoms with Gasteiger partial charge in [-0.15, -0.1) is 0 Å². The molecule has 0 spiro atoms. The number of nitrogens with zero attached hydrogens (tertiary/aromatic N) is 1. The van der Waals surface area contributed by atoms with E-state index in [-0.39, 0.29) is 18.7 Å². The maximum absolute atomic E-state index is 14.4. The Balaban J connectivity index is 1.91. The van der Waals surface area contributed by atoms with E-state index in [9.17, 15) is 22.8 Å². The van der Waals surface area contributed by atoms with Crippen LogP contribution in [-0.2, 0) is 18.8 Å². The molecule has 0 aliphatic carbocycles. The molecule has 2 atom stereocenters. The van der Waals surface area contributed by atoms with Gasteiger partial charge >= 0.3 is 11.9 Å². The second-order valence-corrected chi connectivity index (χ2v) is 14.6. The predicted molar refractivity (Wildman–Crippen MR) is 140 cm³/mol. The molecule has 1 aliphatic rings. The zero-order valence-electron chi connectivity index (χ0n) is 21.7. The Morgan fingerprint density at radius 3 is 1.87 bits per heavy atom. The van der Waals surface area contributed by atoms with Crippen molar-refractivity contribution in [3.05, 3.63) is 95.8 Å². The number of carbonyl (C=O) groups excluding carboxylic acids is 2. The summed E-state index contributed by atoms with van der Waals surface area (Å²) in [6.45, 7) is 7.82. The van der Waals surface area contributed by atoms with Gasteiger partial charge in [-0.25, -0.2) is 18.0 Å². The third-order valence-corrected chi connectivity index (χ3v) is 12.0. The molecular weight excluding hydrogens is 511 g/mol. The second-order valence-electron chi connectivity index (χ2n) is 10.4. The average molecular weight is 542 g/mol. The van der Waals surface area contributed by atoms with Crippen molar-refractivity contribution in [1.82, 2.24) is 4.90 Å². The molecule has 1 fully saturated rings. The molecule has 1 aliphatic heterocycles. The molecule has 1 saturated heterocycles. The van der Waals surface area contributed by atoms with E-state index < -0.39 is 54.8 Å². The summed E-state index contributed by atoms with van der Waals surface area (Å²) >= 11 is 0. The van der Waals surface area contributed by atoms with Crippen LogP contribution in [0.2, 0.25) is 5.04 Å². The van der Waals surface area contributed by atoms with E-state index in [0.717, 1.165) is 22.5 Å². The molecule has 2 unspecified atom stereocenters. The zero-order chi connectivity index (χ0) is 27.7. The number of hydrogen-bond donors (Lipinski definition) is 0. The van der Waals surface area contributed by atoms with Gasteiger partial charge in [0, 0.05) is 0 Å². The van der Waals surface area contributed by atoms with Gasteiger partial charge in [-0.05, 0) is 40.0 Å². The number of benzene rings is 3. The third kappa shape index (κ3) is 5.00. The number of rotatable bonds is 7. The highest BCUT2D eigenvalue weighted by molar-refractivity contribution is 6.99. The van der Waals surface area contributed by atoms with E-state index in [0.29, 0.717) is 0 Å². The smallest absolute Gasteiger partial charge is 0.397 e. The normalized spacial score (nSPS) is 16.2. The van der Waals surface area contributed by atoms with Gasteiger partial charge in [0.05, 0.1) is 18.7 Å². The molecule has 3 aromatic rings. The van der Waals surface area contributed by atoms with Crippen molar-refractivity contribution in [3.63, 3.8) is 0 Å². The molecule has 0 N–H and O–H groups in total. The molecule has 3 aromatic carbocycles. The lowest BCUT2D eigenvalue weighted by Gasteiger charge is -2.47. The van der Waals surface area contributed by atoms with Crippen LogP contribution in [0.15, 0.2) is 72.8 Å². The lowest BCUT2D eigenvalue weighted by molar-refractivity contribution is -0.169. The molecule has 0 saturated carbocycles. The number of halogens is 3. The Labute approximate surface area is 221 Å². The van der Waals surface area contributed by atoms with E-state index in [1.165, 1.54) is 4.90 Å². The van der Waals surface area contributed by atoms with Crippen LogP contribution >= 0.6 is 0 Å². The van der Waals surface area contributed by atoms with Gasteiger partial charge in [0.15, 0.2) is 17.5 Å². The van der Waals surface area contributed by atoms with Crippen molar-refractivity contribution >= 4 is 30.6 Å². The number of carbonyl (C=O) groups is 2. The van der Waals surface area contributed by atoms with Crippen LogP contribution in [0.5, 0.6) is 0 Å². The fourth-order valence-electron chi connectivity index (χ4n) is 5.27. The number of amides is 1. The summed E-state index contributed by atoms with van der Waals surface area (Å²) in [5, 5.41) is 1.49. The molecule has 0 bridgehead atoms. The molecule has 5 nitrogen and oxygen atoms in total. The van der Waals surface area contributed by atoms with Crippen LogP contribution in [0.4, 0.5) is 13.2 Å². The average Bonchev–Trinajstić information content (AvgIpc) is 2.88. The Morgan fingerprint density at radius 1 is 0.895 bits per heavy atom. The standard InChI is InChI=1S/C29H30F3NO4Si/c1-19(26(33-15-16-36-28(35)27(33)34)20-17-23(30)25(32)24(31)18-20)37-38(29(2,3)4,21-11-7-5-8-12-21)22-13-9-6-10-14-22/h5-14,17-19,26H,15-16H2,1-4H3. The van der Waals surface area contributed by atoms with Crippen LogP contribution in [0.3, 0.4) is 0 Å². The molecule has 1 heterocycles. The number of hydrogen-bond acceptors (Lipinski definition) is 4. The van der Waals surface area contributed by atoms with Crippen molar-refractivity contribution in [2.24, 2.45) is 0 Å². The summed E-state index contributed by atoms with van der Waals surface area (Å²) in [7, 11) is -3.16.